The molecule has 28 heavy (non-hydrogen) atoms. The number of Topliss-reactive ketones (excluding diaryl/α,β-unsaturated/α-hetero) is 1. The molecule has 1 aromatic heterocycles. The minimum Gasteiger partial charge on any atom is -0.496 e. The van der Waals surface area contributed by atoms with Crippen LogP contribution in [0.2, 0.25) is 5.02 Å². The first kappa shape index (κ1) is 20.4. The second kappa shape index (κ2) is 8.80. The number of ether oxygens (including phenoxy) is 3. The van der Waals surface area contributed by atoms with Gasteiger partial charge in [0.05, 0.1) is 13.2 Å². The number of carbonyl (C=O) groups excluding carboxylic acids is 2. The van der Waals surface area contributed by atoms with Crippen LogP contribution < -0.4 is 4.74 Å². The highest BCUT2D eigenvalue weighted by atomic mass is 35.5. The molecule has 1 aliphatic rings. The van der Waals surface area contributed by atoms with Gasteiger partial charge in [-0.05, 0) is 51.0 Å². The maximum Gasteiger partial charge on any atom is 0.342 e. The fourth-order valence-corrected chi connectivity index (χ4v) is 3.65. The summed E-state index contributed by atoms with van der Waals surface area (Å²) in [6.45, 7) is 5.03. The number of hydrogen-bond acceptors (Lipinski definition) is 5. The number of benzene rings is 1. The van der Waals surface area contributed by atoms with Crippen molar-refractivity contribution in [2.75, 3.05) is 20.3 Å². The molecule has 6 nitrogen and oxygen atoms in total. The molecule has 0 aliphatic carbocycles. The fraction of sp³-hybridized carbons (Fsp3) is 0.429. The first-order valence-electron chi connectivity index (χ1n) is 9.23. The van der Waals surface area contributed by atoms with Crippen molar-refractivity contribution < 1.29 is 23.8 Å². The second-order valence-electron chi connectivity index (χ2n) is 6.87. The quantitative estimate of drug-likeness (QED) is 0.514. The van der Waals surface area contributed by atoms with E-state index in [0.29, 0.717) is 16.3 Å². The van der Waals surface area contributed by atoms with Gasteiger partial charge in [-0.25, -0.2) is 4.79 Å². The van der Waals surface area contributed by atoms with Gasteiger partial charge in [0.2, 0.25) is 5.78 Å². The Morgan fingerprint density at radius 1 is 1.25 bits per heavy atom. The summed E-state index contributed by atoms with van der Waals surface area (Å²) in [5, 5.41) is 0.386. The van der Waals surface area contributed by atoms with E-state index in [1.807, 2.05) is 19.9 Å². The van der Waals surface area contributed by atoms with Crippen LogP contribution in [-0.2, 0) is 16.0 Å². The maximum absolute atomic E-state index is 12.6. The molecular formula is C21H24ClNO5. The van der Waals surface area contributed by atoms with Gasteiger partial charge in [0.1, 0.15) is 11.3 Å². The van der Waals surface area contributed by atoms with E-state index in [1.165, 1.54) is 13.2 Å². The van der Waals surface area contributed by atoms with Crippen LogP contribution in [0.25, 0.3) is 0 Å². The molecule has 1 aliphatic heterocycles. The number of aryl methyl sites for hydroxylation is 1. The number of esters is 1. The Morgan fingerprint density at radius 2 is 2.04 bits per heavy atom. The van der Waals surface area contributed by atoms with E-state index < -0.39 is 5.97 Å². The molecule has 0 unspecified atom stereocenters. The van der Waals surface area contributed by atoms with Gasteiger partial charge in [-0.15, -0.1) is 0 Å². The summed E-state index contributed by atoms with van der Waals surface area (Å²) in [5.41, 5.74) is 2.58. The summed E-state index contributed by atoms with van der Waals surface area (Å²) in [6, 6.07) is 6.49. The molecule has 2 heterocycles. The zero-order valence-corrected chi connectivity index (χ0v) is 17.0. The Hall–Kier alpha value is -2.31. The zero-order chi connectivity index (χ0) is 20.3. The summed E-state index contributed by atoms with van der Waals surface area (Å²) < 4.78 is 18.2. The largest absolute Gasteiger partial charge is 0.496 e. The number of nitrogens with zero attached hydrogens (tertiary/aromatic N) is 1. The minimum absolute atomic E-state index is 0.181. The van der Waals surface area contributed by atoms with Gasteiger partial charge in [0.15, 0.2) is 6.61 Å². The highest BCUT2D eigenvalue weighted by molar-refractivity contribution is 6.31. The molecule has 0 N–H and O–H groups in total. The van der Waals surface area contributed by atoms with Gasteiger partial charge < -0.3 is 18.8 Å². The maximum atomic E-state index is 12.6. The lowest BCUT2D eigenvalue weighted by molar-refractivity contribution is 0.0471. The third-order valence-electron chi connectivity index (χ3n) is 5.00. The van der Waals surface area contributed by atoms with E-state index in [2.05, 4.69) is 4.57 Å². The summed E-state index contributed by atoms with van der Waals surface area (Å²) in [5.74, 6) is -0.557. The van der Waals surface area contributed by atoms with Crippen molar-refractivity contribution in [3.63, 3.8) is 0 Å². The predicted molar refractivity (Wildman–Crippen MR) is 105 cm³/mol. The molecule has 0 radical (unpaired) electrons. The van der Waals surface area contributed by atoms with Gasteiger partial charge in [0, 0.05) is 35.1 Å². The van der Waals surface area contributed by atoms with Crippen molar-refractivity contribution in [2.45, 2.75) is 39.3 Å². The summed E-state index contributed by atoms with van der Waals surface area (Å²) in [6.07, 6.45) is 2.28. The number of halogens is 1. The molecule has 0 amide bonds. The molecule has 1 saturated heterocycles. The summed E-state index contributed by atoms with van der Waals surface area (Å²) in [4.78, 5) is 25.0. The molecule has 1 fully saturated rings. The van der Waals surface area contributed by atoms with E-state index >= 15 is 0 Å². The van der Waals surface area contributed by atoms with Crippen molar-refractivity contribution in [3.8, 4) is 5.75 Å². The van der Waals surface area contributed by atoms with Crippen molar-refractivity contribution in [1.82, 2.24) is 4.57 Å². The minimum atomic E-state index is -0.652. The average molecular weight is 406 g/mol. The van der Waals surface area contributed by atoms with Crippen molar-refractivity contribution in [3.05, 3.63) is 51.8 Å². The molecule has 0 saturated carbocycles. The summed E-state index contributed by atoms with van der Waals surface area (Å²) in [7, 11) is 1.45. The SMILES string of the molecule is COc1ccc(Cl)cc1C(=O)OCC(=O)c1cc(C)n(C[C@@H]2CCCO2)c1C. The number of methoxy groups -OCH3 is 1. The van der Waals surface area contributed by atoms with Crippen LogP contribution in [0.15, 0.2) is 24.3 Å². The monoisotopic (exact) mass is 405 g/mol. The Kier molecular flexibility index (Phi) is 6.42. The third-order valence-corrected chi connectivity index (χ3v) is 5.24. The van der Waals surface area contributed by atoms with E-state index in [4.69, 9.17) is 25.8 Å². The summed E-state index contributed by atoms with van der Waals surface area (Å²) >= 11 is 5.94. The molecule has 3 rings (SSSR count). The molecule has 1 atom stereocenters. The predicted octanol–water partition coefficient (Wildman–Crippen LogP) is 3.99. The number of ketones is 1. The molecule has 150 valence electrons. The highest BCUT2D eigenvalue weighted by Crippen LogP contribution is 2.24. The first-order valence-corrected chi connectivity index (χ1v) is 9.60. The van der Waals surface area contributed by atoms with Crippen LogP contribution in [0.5, 0.6) is 5.75 Å². The van der Waals surface area contributed by atoms with E-state index in [9.17, 15) is 9.59 Å². The first-order chi connectivity index (χ1) is 13.4. The number of carbonyl (C=O) groups is 2. The van der Waals surface area contributed by atoms with Crippen LogP contribution in [0.4, 0.5) is 0 Å². The average Bonchev–Trinajstić information content (AvgIpc) is 3.29. The smallest absolute Gasteiger partial charge is 0.342 e. The van der Waals surface area contributed by atoms with Crippen molar-refractivity contribution in [1.29, 1.82) is 0 Å². The molecular weight excluding hydrogens is 382 g/mol. The molecule has 2 aromatic rings. The lowest BCUT2D eigenvalue weighted by Crippen LogP contribution is -2.18. The molecule has 7 heteroatoms. The van der Waals surface area contributed by atoms with Crippen LogP contribution in [0.1, 0.15) is 44.9 Å². The Morgan fingerprint density at radius 3 is 2.71 bits per heavy atom. The van der Waals surface area contributed by atoms with Crippen LogP contribution in [-0.4, -0.2) is 42.7 Å². The van der Waals surface area contributed by atoms with Gasteiger partial charge in [-0.3, -0.25) is 4.79 Å². The number of hydrogen-bond donors (Lipinski definition) is 0. The van der Waals surface area contributed by atoms with Crippen molar-refractivity contribution in [2.24, 2.45) is 0 Å². The van der Waals surface area contributed by atoms with Crippen LogP contribution in [0, 0.1) is 13.8 Å². The lowest BCUT2D eigenvalue weighted by atomic mass is 10.1. The molecule has 1 aromatic carbocycles. The zero-order valence-electron chi connectivity index (χ0n) is 16.3. The fourth-order valence-electron chi connectivity index (χ4n) is 3.48. The highest BCUT2D eigenvalue weighted by Gasteiger charge is 2.22. The third kappa shape index (κ3) is 4.39. The van der Waals surface area contributed by atoms with Gasteiger partial charge in [-0.2, -0.15) is 0 Å². The molecule has 0 spiro atoms. The number of aromatic nitrogens is 1. The van der Waals surface area contributed by atoms with E-state index in [-0.39, 0.29) is 24.1 Å². The standard InChI is InChI=1S/C21H24ClNO5/c1-13-9-17(14(2)23(13)11-16-5-4-8-27-16)19(24)12-28-21(25)18-10-15(22)6-7-20(18)26-3/h6-7,9-10,16H,4-5,8,11-12H2,1-3H3/t16-/m0/s1. The van der Waals surface area contributed by atoms with Gasteiger partial charge >= 0.3 is 5.97 Å². The van der Waals surface area contributed by atoms with E-state index in [1.54, 1.807) is 12.1 Å². The molecule has 0 bridgehead atoms. The van der Waals surface area contributed by atoms with Crippen LogP contribution in [0.3, 0.4) is 0 Å². The lowest BCUT2D eigenvalue weighted by Gasteiger charge is -2.14. The Bertz CT molecular complexity index is 883. The van der Waals surface area contributed by atoms with Gasteiger partial charge in [-0.1, -0.05) is 11.6 Å². The van der Waals surface area contributed by atoms with E-state index in [0.717, 1.165) is 37.4 Å². The normalized spacial score (nSPS) is 16.2. The number of rotatable bonds is 7. The van der Waals surface area contributed by atoms with Crippen LogP contribution >= 0.6 is 11.6 Å². The Balaban J connectivity index is 1.68. The van der Waals surface area contributed by atoms with Gasteiger partial charge in [0.25, 0.3) is 0 Å². The van der Waals surface area contributed by atoms with Crippen molar-refractivity contribution >= 4 is 23.4 Å². The second-order valence-corrected chi connectivity index (χ2v) is 7.31. The topological polar surface area (TPSA) is 66.8 Å². The Labute approximate surface area is 169 Å².